The number of benzene rings is 1. The quantitative estimate of drug-likeness (QED) is 0.784. The summed E-state index contributed by atoms with van der Waals surface area (Å²) in [5.74, 6) is -2.14. The molecule has 0 aliphatic rings. The zero-order valence-corrected chi connectivity index (χ0v) is 11.6. The predicted octanol–water partition coefficient (Wildman–Crippen LogP) is 2.60. The fourth-order valence-electron chi connectivity index (χ4n) is 1.51. The van der Waals surface area contributed by atoms with Crippen LogP contribution in [0.2, 0.25) is 0 Å². The molecule has 0 spiro atoms. The van der Waals surface area contributed by atoms with Crippen molar-refractivity contribution in [1.82, 2.24) is 4.31 Å². The number of rotatable bonds is 5. The molecular weight excluding hydrogens is 284 g/mol. The molecule has 0 atom stereocenters. The Labute approximate surface area is 110 Å². The highest BCUT2D eigenvalue weighted by atomic mass is 35.5. The van der Waals surface area contributed by atoms with Crippen LogP contribution in [0.5, 0.6) is 0 Å². The standard InChI is InChI=1S/C11H14ClF2NO2S/c1-8(2)15(6-5-12)18(16,17)9-3-4-10(13)11(14)7-9/h3-4,7-8H,5-6H2,1-2H3. The maximum Gasteiger partial charge on any atom is 0.243 e. The van der Waals surface area contributed by atoms with Gasteiger partial charge in [0.15, 0.2) is 11.6 Å². The van der Waals surface area contributed by atoms with E-state index in [9.17, 15) is 17.2 Å². The first kappa shape index (κ1) is 15.3. The zero-order chi connectivity index (χ0) is 13.9. The highest BCUT2D eigenvalue weighted by Gasteiger charge is 2.27. The van der Waals surface area contributed by atoms with E-state index in [2.05, 4.69) is 0 Å². The molecule has 7 heteroatoms. The van der Waals surface area contributed by atoms with Gasteiger partial charge in [-0.15, -0.1) is 11.6 Å². The second kappa shape index (κ2) is 5.95. The first-order valence-electron chi connectivity index (χ1n) is 5.33. The minimum Gasteiger partial charge on any atom is -0.207 e. The van der Waals surface area contributed by atoms with Crippen molar-refractivity contribution < 1.29 is 17.2 Å². The van der Waals surface area contributed by atoms with Crippen LogP contribution in [-0.4, -0.2) is 31.2 Å². The Morgan fingerprint density at radius 1 is 1.28 bits per heavy atom. The lowest BCUT2D eigenvalue weighted by Crippen LogP contribution is -2.38. The van der Waals surface area contributed by atoms with Crippen LogP contribution in [0.4, 0.5) is 8.78 Å². The lowest BCUT2D eigenvalue weighted by Gasteiger charge is -2.25. The number of hydrogen-bond donors (Lipinski definition) is 0. The highest BCUT2D eigenvalue weighted by Crippen LogP contribution is 2.20. The lowest BCUT2D eigenvalue weighted by molar-refractivity contribution is 0.370. The van der Waals surface area contributed by atoms with Gasteiger partial charge in [-0.05, 0) is 32.0 Å². The van der Waals surface area contributed by atoms with Crippen molar-refractivity contribution in [3.05, 3.63) is 29.8 Å². The van der Waals surface area contributed by atoms with Gasteiger partial charge in [0, 0.05) is 18.5 Å². The van der Waals surface area contributed by atoms with Gasteiger partial charge in [0.05, 0.1) is 4.90 Å². The molecule has 0 heterocycles. The fraction of sp³-hybridized carbons (Fsp3) is 0.455. The third-order valence-corrected chi connectivity index (χ3v) is 4.62. The van der Waals surface area contributed by atoms with Crippen LogP contribution >= 0.6 is 11.6 Å². The summed E-state index contributed by atoms with van der Waals surface area (Å²) in [5.41, 5.74) is 0. The van der Waals surface area contributed by atoms with Crippen LogP contribution in [-0.2, 0) is 10.0 Å². The summed E-state index contributed by atoms with van der Waals surface area (Å²) in [6.07, 6.45) is 0. The summed E-state index contributed by atoms with van der Waals surface area (Å²) in [5, 5.41) is 0. The first-order valence-corrected chi connectivity index (χ1v) is 7.31. The van der Waals surface area contributed by atoms with Crippen molar-refractivity contribution >= 4 is 21.6 Å². The molecule has 1 aromatic carbocycles. The van der Waals surface area contributed by atoms with Gasteiger partial charge in [-0.1, -0.05) is 0 Å². The van der Waals surface area contributed by atoms with Crippen molar-refractivity contribution in [1.29, 1.82) is 0 Å². The van der Waals surface area contributed by atoms with E-state index in [0.717, 1.165) is 16.4 Å². The summed E-state index contributed by atoms with van der Waals surface area (Å²) in [6.45, 7) is 3.48. The molecule has 102 valence electrons. The average molecular weight is 298 g/mol. The molecule has 0 saturated heterocycles. The molecule has 0 bridgehead atoms. The summed E-state index contributed by atoms with van der Waals surface area (Å²) in [6, 6.07) is 2.19. The van der Waals surface area contributed by atoms with Crippen LogP contribution in [0, 0.1) is 11.6 Å². The van der Waals surface area contributed by atoms with E-state index in [1.165, 1.54) is 0 Å². The van der Waals surface area contributed by atoms with Crippen molar-refractivity contribution in [2.75, 3.05) is 12.4 Å². The second-order valence-electron chi connectivity index (χ2n) is 3.97. The average Bonchev–Trinajstić information content (AvgIpc) is 2.28. The highest BCUT2D eigenvalue weighted by molar-refractivity contribution is 7.89. The molecule has 0 aliphatic carbocycles. The van der Waals surface area contributed by atoms with E-state index in [1.54, 1.807) is 13.8 Å². The van der Waals surface area contributed by atoms with Crippen molar-refractivity contribution in [2.45, 2.75) is 24.8 Å². The maximum atomic E-state index is 13.1. The van der Waals surface area contributed by atoms with Gasteiger partial charge in [-0.3, -0.25) is 0 Å². The Kier molecular flexibility index (Phi) is 5.07. The maximum absolute atomic E-state index is 13.1. The molecule has 0 aliphatic heterocycles. The number of nitrogens with zero attached hydrogens (tertiary/aromatic N) is 1. The van der Waals surface area contributed by atoms with E-state index in [1.807, 2.05) is 0 Å². The van der Waals surface area contributed by atoms with E-state index in [-0.39, 0.29) is 23.4 Å². The van der Waals surface area contributed by atoms with Gasteiger partial charge in [0.25, 0.3) is 0 Å². The van der Waals surface area contributed by atoms with Crippen LogP contribution in [0.25, 0.3) is 0 Å². The fourth-order valence-corrected chi connectivity index (χ4v) is 3.44. The second-order valence-corrected chi connectivity index (χ2v) is 6.24. The summed E-state index contributed by atoms with van der Waals surface area (Å²) in [7, 11) is -3.86. The third-order valence-electron chi connectivity index (χ3n) is 2.38. The SMILES string of the molecule is CC(C)N(CCCl)S(=O)(=O)c1ccc(F)c(F)c1. The van der Waals surface area contributed by atoms with Crippen molar-refractivity contribution in [2.24, 2.45) is 0 Å². The Hall–Kier alpha value is -0.720. The molecule has 0 N–H and O–H groups in total. The Morgan fingerprint density at radius 3 is 2.33 bits per heavy atom. The Balaban J connectivity index is 3.22. The molecule has 18 heavy (non-hydrogen) atoms. The molecule has 0 fully saturated rings. The van der Waals surface area contributed by atoms with Crippen molar-refractivity contribution in [3.8, 4) is 0 Å². The van der Waals surface area contributed by atoms with Crippen molar-refractivity contribution in [3.63, 3.8) is 0 Å². The summed E-state index contributed by atoms with van der Waals surface area (Å²) in [4.78, 5) is -0.278. The van der Waals surface area contributed by atoms with Gasteiger partial charge in [-0.2, -0.15) is 4.31 Å². The molecule has 0 amide bonds. The van der Waals surface area contributed by atoms with Gasteiger partial charge in [0.1, 0.15) is 0 Å². The topological polar surface area (TPSA) is 37.4 Å². The molecular formula is C11H14ClF2NO2S. The molecule has 0 radical (unpaired) electrons. The van der Waals surface area contributed by atoms with E-state index < -0.39 is 21.7 Å². The molecule has 3 nitrogen and oxygen atoms in total. The minimum atomic E-state index is -3.86. The lowest BCUT2D eigenvalue weighted by atomic mass is 10.3. The van der Waals surface area contributed by atoms with E-state index >= 15 is 0 Å². The van der Waals surface area contributed by atoms with Crippen LogP contribution in [0.15, 0.2) is 23.1 Å². The molecule has 1 rings (SSSR count). The molecule has 0 aromatic heterocycles. The van der Waals surface area contributed by atoms with Gasteiger partial charge in [-0.25, -0.2) is 17.2 Å². The Bertz CT molecular complexity index is 520. The predicted molar refractivity (Wildman–Crippen MR) is 66.1 cm³/mol. The van der Waals surface area contributed by atoms with Gasteiger partial charge in [0.2, 0.25) is 10.0 Å². The van der Waals surface area contributed by atoms with Gasteiger partial charge < -0.3 is 0 Å². The number of halogens is 3. The number of alkyl halides is 1. The van der Waals surface area contributed by atoms with Crippen LogP contribution in [0.1, 0.15) is 13.8 Å². The van der Waals surface area contributed by atoms with E-state index in [4.69, 9.17) is 11.6 Å². The number of sulfonamides is 1. The normalized spacial score (nSPS) is 12.4. The van der Waals surface area contributed by atoms with Crippen LogP contribution in [0.3, 0.4) is 0 Å². The third kappa shape index (κ3) is 3.18. The first-order chi connectivity index (χ1) is 8.30. The van der Waals surface area contributed by atoms with Gasteiger partial charge >= 0.3 is 0 Å². The zero-order valence-electron chi connectivity index (χ0n) is 10.0. The minimum absolute atomic E-state index is 0.112. The van der Waals surface area contributed by atoms with E-state index in [0.29, 0.717) is 6.07 Å². The smallest absolute Gasteiger partial charge is 0.207 e. The Morgan fingerprint density at radius 2 is 1.89 bits per heavy atom. The number of hydrogen-bond acceptors (Lipinski definition) is 2. The monoisotopic (exact) mass is 297 g/mol. The summed E-state index contributed by atoms with van der Waals surface area (Å²) < 4.78 is 51.4. The van der Waals surface area contributed by atoms with Crippen LogP contribution < -0.4 is 0 Å². The summed E-state index contributed by atoms with van der Waals surface area (Å²) >= 11 is 5.55. The molecule has 0 unspecified atom stereocenters. The largest absolute Gasteiger partial charge is 0.243 e. The molecule has 0 saturated carbocycles. The molecule has 1 aromatic rings.